The van der Waals surface area contributed by atoms with E-state index in [1.165, 1.54) is 11.8 Å². The molecule has 1 heterocycles. The first-order chi connectivity index (χ1) is 12.1. The lowest BCUT2D eigenvalue weighted by atomic mass is 10.1. The van der Waals surface area contributed by atoms with Crippen molar-refractivity contribution < 1.29 is 9.90 Å². The van der Waals surface area contributed by atoms with Crippen molar-refractivity contribution in [2.75, 3.05) is 0 Å². The Hall–Kier alpha value is -2.85. The van der Waals surface area contributed by atoms with Crippen molar-refractivity contribution in [1.82, 2.24) is 4.98 Å². The van der Waals surface area contributed by atoms with Gasteiger partial charge in [-0.05, 0) is 30.5 Å². The van der Waals surface area contributed by atoms with Crippen LogP contribution in [0.4, 0.5) is 0 Å². The van der Waals surface area contributed by atoms with Crippen LogP contribution in [0.25, 0.3) is 21.7 Å². The second-order valence-electron chi connectivity index (χ2n) is 5.85. The number of pyridine rings is 1. The van der Waals surface area contributed by atoms with Crippen LogP contribution in [-0.2, 0) is 0 Å². The Bertz CT molecular complexity index is 1120. The SMILES string of the molecule is Cc1cc(Sc2ccccc2C(=O)O)c2ccc3ccccc3c2n1. The standard InChI is InChI=1S/C21H15NO2S/c1-13-12-19(25-18-9-5-4-8-17(18)21(23)24)16-11-10-14-6-2-3-7-15(14)20(16)22-13/h2-12H,1H3,(H,23,24). The average molecular weight is 345 g/mol. The second kappa shape index (κ2) is 6.22. The molecule has 4 heteroatoms. The first-order valence-corrected chi connectivity index (χ1v) is 8.74. The smallest absolute Gasteiger partial charge is 0.336 e. The van der Waals surface area contributed by atoms with E-state index in [4.69, 9.17) is 4.98 Å². The fourth-order valence-electron chi connectivity index (χ4n) is 2.99. The van der Waals surface area contributed by atoms with Crippen molar-refractivity contribution in [2.24, 2.45) is 0 Å². The minimum Gasteiger partial charge on any atom is -0.478 e. The van der Waals surface area contributed by atoms with E-state index in [-0.39, 0.29) is 0 Å². The Morgan fingerprint density at radius 2 is 1.68 bits per heavy atom. The molecule has 0 saturated heterocycles. The van der Waals surface area contributed by atoms with Crippen molar-refractivity contribution in [3.8, 4) is 0 Å². The molecule has 0 atom stereocenters. The van der Waals surface area contributed by atoms with Gasteiger partial charge in [-0.2, -0.15) is 0 Å². The zero-order valence-electron chi connectivity index (χ0n) is 13.6. The highest BCUT2D eigenvalue weighted by Crippen LogP contribution is 2.37. The highest BCUT2D eigenvalue weighted by atomic mass is 32.2. The van der Waals surface area contributed by atoms with Crippen LogP contribution in [0.3, 0.4) is 0 Å². The van der Waals surface area contributed by atoms with Gasteiger partial charge in [0.2, 0.25) is 0 Å². The molecular formula is C21H15NO2S. The number of aromatic nitrogens is 1. The van der Waals surface area contributed by atoms with Crippen molar-refractivity contribution in [3.05, 3.63) is 78.0 Å². The summed E-state index contributed by atoms with van der Waals surface area (Å²) in [4.78, 5) is 18.0. The van der Waals surface area contributed by atoms with Crippen LogP contribution in [0, 0.1) is 6.92 Å². The van der Waals surface area contributed by atoms with Crippen LogP contribution in [0.1, 0.15) is 16.1 Å². The Labute approximate surface area is 149 Å². The van der Waals surface area contributed by atoms with Gasteiger partial charge in [0.1, 0.15) is 0 Å². The molecule has 3 nitrogen and oxygen atoms in total. The van der Waals surface area contributed by atoms with Gasteiger partial charge in [0.25, 0.3) is 0 Å². The molecule has 0 radical (unpaired) electrons. The minimum absolute atomic E-state index is 0.316. The summed E-state index contributed by atoms with van der Waals surface area (Å²) >= 11 is 1.47. The van der Waals surface area contributed by atoms with Crippen LogP contribution in [-0.4, -0.2) is 16.1 Å². The predicted octanol–water partition coefficient (Wildman–Crippen LogP) is 5.55. The fourth-order valence-corrected chi connectivity index (χ4v) is 4.14. The molecule has 0 amide bonds. The number of carbonyl (C=O) groups is 1. The normalized spacial score (nSPS) is 11.1. The largest absolute Gasteiger partial charge is 0.478 e. The van der Waals surface area contributed by atoms with Crippen LogP contribution in [0.5, 0.6) is 0 Å². The third-order valence-electron chi connectivity index (χ3n) is 4.13. The number of aromatic carboxylic acids is 1. The van der Waals surface area contributed by atoms with E-state index in [1.54, 1.807) is 12.1 Å². The van der Waals surface area contributed by atoms with Gasteiger partial charge >= 0.3 is 5.97 Å². The van der Waals surface area contributed by atoms with Crippen LogP contribution in [0.15, 0.2) is 76.5 Å². The lowest BCUT2D eigenvalue weighted by Gasteiger charge is -2.11. The molecule has 0 spiro atoms. The number of hydrogen-bond donors (Lipinski definition) is 1. The number of carboxylic acid groups (broad SMARTS) is 1. The van der Waals surface area contributed by atoms with Gasteiger partial charge in [-0.15, -0.1) is 0 Å². The summed E-state index contributed by atoms with van der Waals surface area (Å²) in [5.74, 6) is -0.913. The topological polar surface area (TPSA) is 50.2 Å². The molecule has 122 valence electrons. The van der Waals surface area contributed by atoms with Crippen LogP contribution >= 0.6 is 11.8 Å². The number of benzene rings is 3. The van der Waals surface area contributed by atoms with E-state index in [2.05, 4.69) is 24.3 Å². The zero-order chi connectivity index (χ0) is 17.4. The molecule has 1 aromatic heterocycles. The summed E-state index contributed by atoms with van der Waals surface area (Å²) in [5.41, 5.74) is 2.18. The molecular weight excluding hydrogens is 330 g/mol. The molecule has 0 aliphatic heterocycles. The Morgan fingerprint density at radius 1 is 0.920 bits per heavy atom. The lowest BCUT2D eigenvalue weighted by molar-refractivity contribution is 0.0693. The lowest BCUT2D eigenvalue weighted by Crippen LogP contribution is -1.98. The van der Waals surface area contributed by atoms with E-state index in [0.717, 1.165) is 37.2 Å². The van der Waals surface area contributed by atoms with Gasteiger partial charge in [-0.3, -0.25) is 4.98 Å². The van der Waals surface area contributed by atoms with Crippen molar-refractivity contribution in [2.45, 2.75) is 16.7 Å². The minimum atomic E-state index is -0.913. The number of hydrogen-bond acceptors (Lipinski definition) is 3. The molecule has 3 aromatic carbocycles. The average Bonchev–Trinajstić information content (AvgIpc) is 2.62. The maximum Gasteiger partial charge on any atom is 0.336 e. The van der Waals surface area contributed by atoms with Crippen molar-refractivity contribution in [3.63, 3.8) is 0 Å². The summed E-state index contributed by atoms with van der Waals surface area (Å²) in [7, 11) is 0. The first-order valence-electron chi connectivity index (χ1n) is 7.93. The van der Waals surface area contributed by atoms with Gasteiger partial charge in [-0.25, -0.2) is 4.79 Å². The number of nitrogens with zero attached hydrogens (tertiary/aromatic N) is 1. The highest BCUT2D eigenvalue weighted by Gasteiger charge is 2.13. The molecule has 0 aliphatic rings. The first kappa shape index (κ1) is 15.7. The maximum atomic E-state index is 11.5. The second-order valence-corrected chi connectivity index (χ2v) is 6.93. The molecule has 0 bridgehead atoms. The summed E-state index contributed by atoms with van der Waals surface area (Å²) in [5, 5.41) is 12.7. The highest BCUT2D eigenvalue weighted by molar-refractivity contribution is 7.99. The summed E-state index contributed by atoms with van der Waals surface area (Å²) in [6.07, 6.45) is 0. The molecule has 0 saturated carbocycles. The Morgan fingerprint density at radius 3 is 2.52 bits per heavy atom. The van der Waals surface area contributed by atoms with Gasteiger partial charge < -0.3 is 5.11 Å². The fraction of sp³-hybridized carbons (Fsp3) is 0.0476. The molecule has 0 unspecified atom stereocenters. The quantitative estimate of drug-likeness (QED) is 0.495. The van der Waals surface area contributed by atoms with Crippen molar-refractivity contribution >= 4 is 39.4 Å². The van der Waals surface area contributed by atoms with Gasteiger partial charge in [0, 0.05) is 26.3 Å². The maximum absolute atomic E-state index is 11.5. The van der Waals surface area contributed by atoms with Crippen LogP contribution in [0.2, 0.25) is 0 Å². The summed E-state index contributed by atoms with van der Waals surface area (Å²) < 4.78 is 0. The molecule has 4 rings (SSSR count). The number of rotatable bonds is 3. The van der Waals surface area contributed by atoms with Gasteiger partial charge in [0.15, 0.2) is 0 Å². The van der Waals surface area contributed by atoms with Crippen molar-refractivity contribution in [1.29, 1.82) is 0 Å². The van der Waals surface area contributed by atoms with Gasteiger partial charge in [0.05, 0.1) is 11.1 Å². The molecule has 4 aromatic rings. The van der Waals surface area contributed by atoms with E-state index in [9.17, 15) is 9.90 Å². The van der Waals surface area contributed by atoms with E-state index in [1.807, 2.05) is 37.3 Å². The summed E-state index contributed by atoms with van der Waals surface area (Å²) in [6, 6.07) is 21.4. The summed E-state index contributed by atoms with van der Waals surface area (Å²) in [6.45, 7) is 1.97. The van der Waals surface area contributed by atoms with E-state index >= 15 is 0 Å². The van der Waals surface area contributed by atoms with Gasteiger partial charge in [-0.1, -0.05) is 60.3 Å². The number of fused-ring (bicyclic) bond motifs is 3. The monoisotopic (exact) mass is 345 g/mol. The zero-order valence-corrected chi connectivity index (χ0v) is 14.4. The Balaban J connectivity index is 1.94. The Kier molecular flexibility index (Phi) is 3.90. The van der Waals surface area contributed by atoms with E-state index in [0.29, 0.717) is 5.56 Å². The molecule has 1 N–H and O–H groups in total. The number of carboxylic acids is 1. The third-order valence-corrected chi connectivity index (χ3v) is 5.27. The number of aryl methyl sites for hydroxylation is 1. The predicted molar refractivity (Wildman–Crippen MR) is 102 cm³/mol. The van der Waals surface area contributed by atoms with E-state index < -0.39 is 5.97 Å². The molecule has 0 aliphatic carbocycles. The molecule has 25 heavy (non-hydrogen) atoms. The molecule has 0 fully saturated rings. The third kappa shape index (κ3) is 2.85. The van der Waals surface area contributed by atoms with Crippen LogP contribution < -0.4 is 0 Å².